The van der Waals surface area contributed by atoms with Crippen LogP contribution in [0.1, 0.15) is 12.8 Å². The van der Waals surface area contributed by atoms with Gasteiger partial charge in [0, 0.05) is 7.05 Å². The molecule has 0 radical (unpaired) electrons. The molecule has 1 aromatic heterocycles. The van der Waals surface area contributed by atoms with Crippen LogP contribution in [0.5, 0.6) is 0 Å². The maximum atomic E-state index is 10.7. The van der Waals surface area contributed by atoms with Crippen LogP contribution in [0.4, 0.5) is 11.6 Å². The van der Waals surface area contributed by atoms with Gasteiger partial charge in [0.1, 0.15) is 0 Å². The Kier molecular flexibility index (Phi) is 2.11. The summed E-state index contributed by atoms with van der Waals surface area (Å²) >= 11 is 0. The molecule has 0 spiro atoms. The second-order valence-electron chi connectivity index (χ2n) is 3.85. The first-order valence-electron chi connectivity index (χ1n) is 4.63. The highest BCUT2D eigenvalue weighted by molar-refractivity contribution is 5.55. The van der Waals surface area contributed by atoms with Gasteiger partial charge in [0.15, 0.2) is 0 Å². The number of hydrogen-bond acceptors (Lipinski definition) is 5. The van der Waals surface area contributed by atoms with Gasteiger partial charge in [0.2, 0.25) is 12.1 Å². The second kappa shape index (κ2) is 3.20. The van der Waals surface area contributed by atoms with Crippen LogP contribution >= 0.6 is 0 Å². The Bertz CT molecular complexity index is 397. The van der Waals surface area contributed by atoms with Crippen molar-refractivity contribution < 1.29 is 10.0 Å². The van der Waals surface area contributed by atoms with Gasteiger partial charge in [0.05, 0.1) is 12.1 Å². The van der Waals surface area contributed by atoms with Crippen molar-refractivity contribution in [2.45, 2.75) is 18.4 Å². The van der Waals surface area contributed by atoms with Gasteiger partial charge in [-0.25, -0.2) is 0 Å². The molecule has 2 rings (SSSR count). The molecule has 1 heterocycles. The smallest absolute Gasteiger partial charge is 0.394 e. The highest BCUT2D eigenvalue weighted by Crippen LogP contribution is 2.39. The quantitative estimate of drug-likeness (QED) is 0.551. The number of aromatic nitrogens is 2. The Morgan fingerprint density at radius 1 is 1.80 bits per heavy atom. The molecule has 0 unspecified atom stereocenters. The number of aliphatic hydroxyl groups excluding tert-OH is 1. The number of aryl methyl sites for hydroxylation is 1. The standard InChI is InChI=1S/C8H12N4O3/c1-11-5-9-6(12(14)15)7(11)10-8(4-13)2-3-8/h5,10,13H,2-4H2,1H3. The molecule has 1 aliphatic carbocycles. The number of hydrogen-bond donors (Lipinski definition) is 2. The number of rotatable bonds is 4. The van der Waals surface area contributed by atoms with Crippen LogP contribution in [0.15, 0.2) is 6.33 Å². The molecule has 0 aromatic carbocycles. The zero-order chi connectivity index (χ0) is 11.1. The van der Waals surface area contributed by atoms with Gasteiger partial charge in [-0.1, -0.05) is 0 Å². The van der Waals surface area contributed by atoms with Crippen LogP contribution in [-0.4, -0.2) is 31.7 Å². The summed E-state index contributed by atoms with van der Waals surface area (Å²) in [6.45, 7) is -0.0185. The first kappa shape index (κ1) is 9.91. The number of aliphatic hydroxyl groups is 1. The zero-order valence-electron chi connectivity index (χ0n) is 8.30. The molecule has 0 aliphatic heterocycles. The maximum Gasteiger partial charge on any atom is 0.406 e. The Morgan fingerprint density at radius 2 is 2.47 bits per heavy atom. The Labute approximate surface area is 85.9 Å². The minimum Gasteiger partial charge on any atom is -0.394 e. The molecule has 1 aliphatic rings. The van der Waals surface area contributed by atoms with Gasteiger partial charge in [-0.15, -0.1) is 0 Å². The van der Waals surface area contributed by atoms with Crippen molar-refractivity contribution in [1.29, 1.82) is 0 Å². The summed E-state index contributed by atoms with van der Waals surface area (Å²) in [4.78, 5) is 13.8. The maximum absolute atomic E-state index is 10.7. The van der Waals surface area contributed by atoms with Crippen molar-refractivity contribution in [3.63, 3.8) is 0 Å². The SMILES string of the molecule is Cn1cnc([N+](=O)[O-])c1NC1(CO)CC1. The van der Waals surface area contributed by atoms with E-state index >= 15 is 0 Å². The molecule has 2 N–H and O–H groups in total. The van der Waals surface area contributed by atoms with E-state index in [1.807, 2.05) is 0 Å². The van der Waals surface area contributed by atoms with Crippen molar-refractivity contribution in [2.75, 3.05) is 11.9 Å². The van der Waals surface area contributed by atoms with E-state index in [-0.39, 0.29) is 18.0 Å². The van der Waals surface area contributed by atoms with Crippen molar-refractivity contribution in [3.05, 3.63) is 16.4 Å². The molecule has 0 saturated heterocycles. The third-order valence-corrected chi connectivity index (χ3v) is 2.63. The summed E-state index contributed by atoms with van der Waals surface area (Å²) in [6.07, 6.45) is 3.03. The summed E-state index contributed by atoms with van der Waals surface area (Å²) in [5.74, 6) is 0.156. The fourth-order valence-corrected chi connectivity index (χ4v) is 1.42. The number of anilines is 1. The monoisotopic (exact) mass is 212 g/mol. The van der Waals surface area contributed by atoms with Gasteiger partial charge < -0.3 is 20.5 Å². The zero-order valence-corrected chi connectivity index (χ0v) is 8.30. The van der Waals surface area contributed by atoms with Crippen molar-refractivity contribution in [2.24, 2.45) is 7.05 Å². The molecule has 1 fully saturated rings. The van der Waals surface area contributed by atoms with E-state index in [1.54, 1.807) is 11.6 Å². The van der Waals surface area contributed by atoms with E-state index in [0.29, 0.717) is 5.82 Å². The molecular formula is C8H12N4O3. The molecule has 1 aromatic rings. The predicted molar refractivity (Wildman–Crippen MR) is 52.5 cm³/mol. The summed E-state index contributed by atoms with van der Waals surface area (Å²) in [6, 6.07) is 0. The lowest BCUT2D eigenvalue weighted by atomic mass is 10.3. The number of imidazole rings is 1. The normalized spacial score (nSPS) is 17.5. The largest absolute Gasteiger partial charge is 0.406 e. The number of nitrogens with zero attached hydrogens (tertiary/aromatic N) is 3. The lowest BCUT2D eigenvalue weighted by Crippen LogP contribution is -2.27. The van der Waals surface area contributed by atoms with Gasteiger partial charge in [0.25, 0.3) is 0 Å². The molecule has 15 heavy (non-hydrogen) atoms. The minimum absolute atomic E-state index is 0.0185. The van der Waals surface area contributed by atoms with Crippen LogP contribution in [0.25, 0.3) is 0 Å². The average Bonchev–Trinajstić information content (AvgIpc) is 2.87. The van der Waals surface area contributed by atoms with Crippen LogP contribution in [0, 0.1) is 10.1 Å². The Balaban J connectivity index is 2.27. The number of nitro groups is 1. The fraction of sp³-hybridized carbons (Fsp3) is 0.625. The van der Waals surface area contributed by atoms with Crippen LogP contribution < -0.4 is 5.32 Å². The van der Waals surface area contributed by atoms with Gasteiger partial charge in [-0.2, -0.15) is 0 Å². The second-order valence-corrected chi connectivity index (χ2v) is 3.85. The molecule has 0 bridgehead atoms. The van der Waals surface area contributed by atoms with Gasteiger partial charge in [-0.3, -0.25) is 4.57 Å². The van der Waals surface area contributed by atoms with Crippen molar-refractivity contribution >= 4 is 11.6 Å². The third-order valence-electron chi connectivity index (χ3n) is 2.63. The van der Waals surface area contributed by atoms with Crippen molar-refractivity contribution in [3.8, 4) is 0 Å². The lowest BCUT2D eigenvalue weighted by Gasteiger charge is -2.14. The summed E-state index contributed by atoms with van der Waals surface area (Å²) in [5.41, 5.74) is -0.376. The first-order chi connectivity index (χ1) is 7.08. The van der Waals surface area contributed by atoms with Crippen molar-refractivity contribution in [1.82, 2.24) is 9.55 Å². The summed E-state index contributed by atoms with van der Waals surface area (Å²) in [7, 11) is 1.68. The van der Waals surface area contributed by atoms with E-state index in [9.17, 15) is 10.1 Å². The number of nitrogens with one attached hydrogen (secondary N) is 1. The topological polar surface area (TPSA) is 93.2 Å². The predicted octanol–water partition coefficient (Wildman–Crippen LogP) is 0.265. The highest BCUT2D eigenvalue weighted by Gasteiger charge is 2.44. The van der Waals surface area contributed by atoms with E-state index in [2.05, 4.69) is 10.3 Å². The fourth-order valence-electron chi connectivity index (χ4n) is 1.42. The lowest BCUT2D eigenvalue weighted by molar-refractivity contribution is -0.388. The van der Waals surface area contributed by atoms with Crippen LogP contribution in [0.3, 0.4) is 0 Å². The minimum atomic E-state index is -0.532. The average molecular weight is 212 g/mol. The van der Waals surface area contributed by atoms with E-state index in [1.165, 1.54) is 6.33 Å². The van der Waals surface area contributed by atoms with E-state index < -0.39 is 4.92 Å². The molecule has 0 atom stereocenters. The van der Waals surface area contributed by atoms with Gasteiger partial charge >= 0.3 is 5.82 Å². The van der Waals surface area contributed by atoms with Gasteiger partial charge in [-0.05, 0) is 22.7 Å². The van der Waals surface area contributed by atoms with E-state index in [0.717, 1.165) is 12.8 Å². The molecular weight excluding hydrogens is 200 g/mol. The summed E-state index contributed by atoms with van der Waals surface area (Å²) < 4.78 is 1.55. The molecule has 1 saturated carbocycles. The molecule has 82 valence electrons. The summed E-state index contributed by atoms with van der Waals surface area (Å²) in [5, 5.41) is 22.8. The third kappa shape index (κ3) is 1.65. The van der Waals surface area contributed by atoms with Crippen LogP contribution in [0.2, 0.25) is 0 Å². The molecule has 7 nitrogen and oxygen atoms in total. The van der Waals surface area contributed by atoms with E-state index in [4.69, 9.17) is 5.11 Å². The Morgan fingerprint density at radius 3 is 2.93 bits per heavy atom. The molecule has 0 amide bonds. The molecule has 7 heteroatoms. The Hall–Kier alpha value is -1.63. The first-order valence-corrected chi connectivity index (χ1v) is 4.63. The highest BCUT2D eigenvalue weighted by atomic mass is 16.6. The van der Waals surface area contributed by atoms with Crippen LogP contribution in [-0.2, 0) is 7.05 Å².